The molecule has 1 amide bonds. The molecule has 1 atom stereocenters. The van der Waals surface area contributed by atoms with Gasteiger partial charge in [-0.25, -0.2) is 9.37 Å². The number of methoxy groups -OCH3 is 1. The Bertz CT molecular complexity index is 1290. The van der Waals surface area contributed by atoms with Gasteiger partial charge in [-0.3, -0.25) is 9.78 Å². The average Bonchev–Trinajstić information content (AvgIpc) is 3.29. The predicted molar refractivity (Wildman–Crippen MR) is 126 cm³/mol. The standard InChI is InChI=1S/C26H23FN4O3/c1-31-15-14-29-26(31)25(19-7-9-20(33-2)10-8-19)30-24(32)12-6-18-5-11-23(22(27)16-18)34-21-4-3-13-28-17-21/h3-17,25H,1-2H3,(H,30,32)/b12-6+. The summed E-state index contributed by atoms with van der Waals surface area (Å²) in [6.45, 7) is 0. The second-order valence-electron chi connectivity index (χ2n) is 7.43. The summed E-state index contributed by atoms with van der Waals surface area (Å²) < 4.78 is 27.0. The van der Waals surface area contributed by atoms with Gasteiger partial charge in [0.25, 0.3) is 0 Å². The van der Waals surface area contributed by atoms with Crippen LogP contribution in [0, 0.1) is 5.82 Å². The van der Waals surface area contributed by atoms with Gasteiger partial charge < -0.3 is 19.4 Å². The molecule has 0 spiro atoms. The number of aryl methyl sites for hydroxylation is 1. The predicted octanol–water partition coefficient (Wildman–Crippen LogP) is 4.67. The monoisotopic (exact) mass is 458 g/mol. The van der Waals surface area contributed by atoms with E-state index in [1.165, 1.54) is 30.5 Å². The summed E-state index contributed by atoms with van der Waals surface area (Å²) in [6, 6.07) is 14.8. The maximum absolute atomic E-state index is 14.5. The molecular weight excluding hydrogens is 435 g/mol. The Labute approximate surface area is 196 Å². The molecule has 2 aromatic heterocycles. The maximum Gasteiger partial charge on any atom is 0.244 e. The van der Waals surface area contributed by atoms with Crippen LogP contribution in [0.5, 0.6) is 17.2 Å². The highest BCUT2D eigenvalue weighted by Gasteiger charge is 2.20. The van der Waals surface area contributed by atoms with E-state index in [4.69, 9.17) is 9.47 Å². The summed E-state index contributed by atoms with van der Waals surface area (Å²) in [5, 5.41) is 2.97. The van der Waals surface area contributed by atoms with Crippen LogP contribution in [-0.4, -0.2) is 27.6 Å². The Hall–Kier alpha value is -4.46. The number of pyridine rings is 1. The first-order valence-electron chi connectivity index (χ1n) is 10.5. The summed E-state index contributed by atoms with van der Waals surface area (Å²) in [7, 11) is 3.46. The number of hydrogen-bond acceptors (Lipinski definition) is 5. The number of halogens is 1. The van der Waals surface area contributed by atoms with E-state index in [1.54, 1.807) is 37.7 Å². The van der Waals surface area contributed by atoms with E-state index in [1.807, 2.05) is 42.1 Å². The fraction of sp³-hybridized carbons (Fsp3) is 0.115. The number of carbonyl (C=O) groups is 1. The second kappa shape index (κ2) is 10.4. The lowest BCUT2D eigenvalue weighted by Crippen LogP contribution is -2.29. The van der Waals surface area contributed by atoms with Gasteiger partial charge >= 0.3 is 0 Å². The van der Waals surface area contributed by atoms with Crippen LogP contribution in [0.4, 0.5) is 4.39 Å². The SMILES string of the molecule is COc1ccc(C(NC(=O)/C=C/c2ccc(Oc3cccnc3)c(F)c2)c2nccn2C)cc1. The van der Waals surface area contributed by atoms with Gasteiger partial charge in [0, 0.05) is 31.7 Å². The van der Waals surface area contributed by atoms with Crippen LogP contribution >= 0.6 is 0 Å². The Kier molecular flexibility index (Phi) is 6.98. The highest BCUT2D eigenvalue weighted by Crippen LogP contribution is 2.25. The van der Waals surface area contributed by atoms with Crippen molar-refractivity contribution < 1.29 is 18.7 Å². The van der Waals surface area contributed by atoms with Crippen molar-refractivity contribution in [3.8, 4) is 17.2 Å². The number of benzene rings is 2. The molecule has 4 aromatic rings. The van der Waals surface area contributed by atoms with Gasteiger partial charge in [0.2, 0.25) is 5.91 Å². The van der Waals surface area contributed by atoms with Gasteiger partial charge in [-0.1, -0.05) is 18.2 Å². The van der Waals surface area contributed by atoms with E-state index in [0.29, 0.717) is 22.9 Å². The van der Waals surface area contributed by atoms with E-state index in [2.05, 4.69) is 15.3 Å². The van der Waals surface area contributed by atoms with Crippen LogP contribution in [-0.2, 0) is 11.8 Å². The van der Waals surface area contributed by atoms with Crippen molar-refractivity contribution in [2.75, 3.05) is 7.11 Å². The van der Waals surface area contributed by atoms with Crippen molar-refractivity contribution in [1.82, 2.24) is 19.9 Å². The first kappa shape index (κ1) is 22.7. The summed E-state index contributed by atoms with van der Waals surface area (Å²) in [5.74, 6) is 1.00. The molecule has 0 saturated carbocycles. The maximum atomic E-state index is 14.5. The molecule has 34 heavy (non-hydrogen) atoms. The summed E-state index contributed by atoms with van der Waals surface area (Å²) in [6.07, 6.45) is 9.48. The third-order valence-electron chi connectivity index (χ3n) is 5.10. The number of carbonyl (C=O) groups excluding carboxylic acids is 1. The van der Waals surface area contributed by atoms with Gasteiger partial charge in [0.1, 0.15) is 23.4 Å². The van der Waals surface area contributed by atoms with Crippen LogP contribution in [0.15, 0.2) is 85.5 Å². The lowest BCUT2D eigenvalue weighted by atomic mass is 10.1. The molecule has 1 unspecified atom stereocenters. The minimum Gasteiger partial charge on any atom is -0.497 e. The lowest BCUT2D eigenvalue weighted by Gasteiger charge is -2.18. The van der Waals surface area contributed by atoms with E-state index in [-0.39, 0.29) is 11.7 Å². The molecule has 0 fully saturated rings. The number of hydrogen-bond donors (Lipinski definition) is 1. The number of rotatable bonds is 8. The van der Waals surface area contributed by atoms with Crippen molar-refractivity contribution in [2.45, 2.75) is 6.04 Å². The second-order valence-corrected chi connectivity index (χ2v) is 7.43. The van der Waals surface area contributed by atoms with Crippen LogP contribution in [0.3, 0.4) is 0 Å². The Morgan fingerprint density at radius 3 is 2.59 bits per heavy atom. The van der Waals surface area contributed by atoms with Gasteiger partial charge in [-0.15, -0.1) is 0 Å². The largest absolute Gasteiger partial charge is 0.497 e. The van der Waals surface area contributed by atoms with Crippen molar-refractivity contribution >= 4 is 12.0 Å². The molecule has 0 saturated heterocycles. The van der Waals surface area contributed by atoms with Crippen molar-refractivity contribution in [3.05, 3.63) is 108 Å². The van der Waals surface area contributed by atoms with Gasteiger partial charge in [0.05, 0.1) is 13.3 Å². The average molecular weight is 458 g/mol. The molecule has 0 aliphatic carbocycles. The third kappa shape index (κ3) is 5.47. The molecular formula is C26H23FN4O3. The zero-order valence-electron chi connectivity index (χ0n) is 18.7. The number of ether oxygens (including phenoxy) is 2. The number of amides is 1. The molecule has 0 radical (unpaired) electrons. The molecule has 2 heterocycles. The Balaban J connectivity index is 1.48. The van der Waals surface area contributed by atoms with E-state index in [0.717, 1.165) is 5.56 Å². The first-order valence-corrected chi connectivity index (χ1v) is 10.5. The van der Waals surface area contributed by atoms with Gasteiger partial charge in [-0.2, -0.15) is 0 Å². The zero-order valence-corrected chi connectivity index (χ0v) is 18.7. The molecule has 0 aliphatic heterocycles. The van der Waals surface area contributed by atoms with E-state index >= 15 is 0 Å². The van der Waals surface area contributed by atoms with Gasteiger partial charge in [-0.05, 0) is 53.6 Å². The number of imidazole rings is 1. The van der Waals surface area contributed by atoms with Crippen LogP contribution in [0.1, 0.15) is 23.0 Å². The summed E-state index contributed by atoms with van der Waals surface area (Å²) >= 11 is 0. The number of nitrogens with zero attached hydrogens (tertiary/aromatic N) is 3. The van der Waals surface area contributed by atoms with E-state index < -0.39 is 11.9 Å². The quantitative estimate of drug-likeness (QED) is 0.388. The molecule has 0 aliphatic rings. The third-order valence-corrected chi connectivity index (χ3v) is 5.10. The minimum absolute atomic E-state index is 0.0731. The highest BCUT2D eigenvalue weighted by molar-refractivity contribution is 5.92. The molecule has 7 nitrogen and oxygen atoms in total. The van der Waals surface area contributed by atoms with Crippen LogP contribution in [0.25, 0.3) is 6.08 Å². The van der Waals surface area contributed by atoms with Crippen LogP contribution < -0.4 is 14.8 Å². The summed E-state index contributed by atoms with van der Waals surface area (Å²) in [4.78, 5) is 21.1. The highest BCUT2D eigenvalue weighted by atomic mass is 19.1. The smallest absolute Gasteiger partial charge is 0.244 e. The fourth-order valence-electron chi connectivity index (χ4n) is 3.35. The van der Waals surface area contributed by atoms with Crippen LogP contribution in [0.2, 0.25) is 0 Å². The Morgan fingerprint density at radius 1 is 1.12 bits per heavy atom. The zero-order chi connectivity index (χ0) is 23.9. The molecule has 1 N–H and O–H groups in total. The normalized spacial score (nSPS) is 11.9. The van der Waals surface area contributed by atoms with E-state index in [9.17, 15) is 9.18 Å². The number of aromatic nitrogens is 3. The Morgan fingerprint density at radius 2 is 1.94 bits per heavy atom. The number of nitrogens with one attached hydrogen (secondary N) is 1. The topological polar surface area (TPSA) is 78.3 Å². The summed E-state index contributed by atoms with van der Waals surface area (Å²) in [5.41, 5.74) is 1.36. The fourth-order valence-corrected chi connectivity index (χ4v) is 3.35. The molecule has 4 rings (SSSR count). The first-order chi connectivity index (χ1) is 16.5. The lowest BCUT2D eigenvalue weighted by molar-refractivity contribution is -0.117. The molecule has 0 bridgehead atoms. The van der Waals surface area contributed by atoms with Crippen molar-refractivity contribution in [3.63, 3.8) is 0 Å². The van der Waals surface area contributed by atoms with Gasteiger partial charge in [0.15, 0.2) is 11.6 Å². The van der Waals surface area contributed by atoms with Crippen molar-refractivity contribution in [2.24, 2.45) is 7.05 Å². The minimum atomic E-state index is -0.546. The molecule has 2 aromatic carbocycles. The van der Waals surface area contributed by atoms with Crippen molar-refractivity contribution in [1.29, 1.82) is 0 Å². The molecule has 172 valence electrons. The molecule has 8 heteroatoms.